The summed E-state index contributed by atoms with van der Waals surface area (Å²) in [5.41, 5.74) is 0.787. The van der Waals surface area contributed by atoms with E-state index in [1.807, 2.05) is 0 Å². The molecule has 0 spiro atoms. The van der Waals surface area contributed by atoms with Crippen molar-refractivity contribution in [3.8, 4) is 0 Å². The minimum atomic E-state index is -0.492. The predicted molar refractivity (Wildman–Crippen MR) is 66.8 cm³/mol. The van der Waals surface area contributed by atoms with Gasteiger partial charge in [-0.25, -0.2) is 8.78 Å². The first kappa shape index (κ1) is 12.3. The molecule has 0 N–H and O–H groups in total. The van der Waals surface area contributed by atoms with Crippen molar-refractivity contribution in [1.29, 1.82) is 0 Å². The Labute approximate surface area is 101 Å². The van der Waals surface area contributed by atoms with Crippen LogP contribution >= 0.6 is 0 Å². The fourth-order valence-corrected chi connectivity index (χ4v) is 2.63. The summed E-state index contributed by atoms with van der Waals surface area (Å²) in [4.78, 5) is 0. The quantitative estimate of drug-likeness (QED) is 0.685. The van der Waals surface area contributed by atoms with E-state index in [2.05, 4.69) is 13.5 Å². The Bertz CT molecular complexity index is 392. The molecular formula is C15H18F2. The SMILES string of the molecule is C=Cc1c(F)cc(C2CCC(C)CC2)cc1F. The van der Waals surface area contributed by atoms with Gasteiger partial charge >= 0.3 is 0 Å². The maximum absolute atomic E-state index is 13.6. The molecule has 0 aromatic heterocycles. The molecule has 1 aromatic rings. The summed E-state index contributed by atoms with van der Waals surface area (Å²) in [7, 11) is 0. The van der Waals surface area contributed by atoms with Crippen molar-refractivity contribution in [1.82, 2.24) is 0 Å². The van der Waals surface area contributed by atoms with E-state index >= 15 is 0 Å². The van der Waals surface area contributed by atoms with Crippen molar-refractivity contribution in [2.45, 2.75) is 38.5 Å². The summed E-state index contributed by atoms with van der Waals surface area (Å²) >= 11 is 0. The zero-order chi connectivity index (χ0) is 12.4. The molecule has 2 rings (SSSR count). The van der Waals surface area contributed by atoms with Gasteiger partial charge in [0, 0.05) is 5.56 Å². The van der Waals surface area contributed by atoms with Crippen molar-refractivity contribution < 1.29 is 8.78 Å². The Hall–Kier alpha value is -1.18. The van der Waals surface area contributed by atoms with Gasteiger partial charge in [-0.15, -0.1) is 0 Å². The zero-order valence-corrected chi connectivity index (χ0v) is 10.2. The molecule has 0 unspecified atom stereocenters. The number of hydrogen-bond acceptors (Lipinski definition) is 0. The largest absolute Gasteiger partial charge is 0.206 e. The van der Waals surface area contributed by atoms with E-state index in [-0.39, 0.29) is 5.56 Å². The predicted octanol–water partition coefficient (Wildman–Crippen LogP) is 4.90. The molecule has 2 heteroatoms. The molecule has 0 aliphatic heterocycles. The Kier molecular flexibility index (Phi) is 3.60. The third-order valence-corrected chi connectivity index (χ3v) is 3.79. The molecular weight excluding hydrogens is 218 g/mol. The summed E-state index contributed by atoms with van der Waals surface area (Å²) < 4.78 is 27.3. The van der Waals surface area contributed by atoms with Crippen LogP contribution in [0.25, 0.3) is 6.08 Å². The second-order valence-corrected chi connectivity index (χ2v) is 5.06. The first-order valence-corrected chi connectivity index (χ1v) is 6.23. The van der Waals surface area contributed by atoms with Crippen LogP contribution < -0.4 is 0 Å². The van der Waals surface area contributed by atoms with E-state index in [4.69, 9.17) is 0 Å². The van der Waals surface area contributed by atoms with Crippen LogP contribution in [0.15, 0.2) is 18.7 Å². The Morgan fingerprint density at radius 3 is 2.12 bits per heavy atom. The molecule has 1 fully saturated rings. The van der Waals surface area contributed by atoms with Crippen LogP contribution in [0.1, 0.15) is 49.7 Å². The van der Waals surface area contributed by atoms with Crippen molar-refractivity contribution >= 4 is 6.08 Å². The molecule has 0 amide bonds. The third kappa shape index (κ3) is 2.56. The number of benzene rings is 1. The summed E-state index contributed by atoms with van der Waals surface area (Å²) in [6, 6.07) is 2.95. The van der Waals surface area contributed by atoms with E-state index in [1.165, 1.54) is 18.2 Å². The van der Waals surface area contributed by atoms with Gasteiger partial charge in [-0.05, 0) is 42.4 Å². The lowest BCUT2D eigenvalue weighted by atomic mass is 9.79. The van der Waals surface area contributed by atoms with Crippen LogP contribution in [-0.4, -0.2) is 0 Å². The number of hydrogen-bond donors (Lipinski definition) is 0. The highest BCUT2D eigenvalue weighted by atomic mass is 19.1. The number of halogens is 2. The average molecular weight is 236 g/mol. The van der Waals surface area contributed by atoms with Crippen LogP contribution in [0, 0.1) is 17.6 Å². The van der Waals surface area contributed by atoms with Gasteiger partial charge in [0.2, 0.25) is 0 Å². The van der Waals surface area contributed by atoms with Crippen molar-refractivity contribution in [2.24, 2.45) is 5.92 Å². The maximum atomic E-state index is 13.6. The molecule has 1 aliphatic carbocycles. The fourth-order valence-electron chi connectivity index (χ4n) is 2.63. The minimum absolute atomic E-state index is 0.0158. The zero-order valence-electron chi connectivity index (χ0n) is 10.2. The topological polar surface area (TPSA) is 0 Å². The Morgan fingerprint density at radius 1 is 1.12 bits per heavy atom. The lowest BCUT2D eigenvalue weighted by Gasteiger charge is -2.26. The molecule has 17 heavy (non-hydrogen) atoms. The van der Waals surface area contributed by atoms with Gasteiger partial charge in [-0.1, -0.05) is 32.4 Å². The molecule has 92 valence electrons. The van der Waals surface area contributed by atoms with E-state index < -0.39 is 11.6 Å². The van der Waals surface area contributed by atoms with Gasteiger partial charge in [-0.2, -0.15) is 0 Å². The van der Waals surface area contributed by atoms with Crippen LogP contribution in [0.2, 0.25) is 0 Å². The maximum Gasteiger partial charge on any atom is 0.133 e. The van der Waals surface area contributed by atoms with Gasteiger partial charge in [0.15, 0.2) is 0 Å². The lowest BCUT2D eigenvalue weighted by molar-refractivity contribution is 0.346. The van der Waals surface area contributed by atoms with Crippen LogP contribution in [0.3, 0.4) is 0 Å². The van der Waals surface area contributed by atoms with Gasteiger partial charge < -0.3 is 0 Å². The minimum Gasteiger partial charge on any atom is -0.206 e. The van der Waals surface area contributed by atoms with E-state index in [0.29, 0.717) is 5.92 Å². The molecule has 1 aliphatic rings. The molecule has 0 radical (unpaired) electrons. The molecule has 0 saturated heterocycles. The molecule has 0 nitrogen and oxygen atoms in total. The van der Waals surface area contributed by atoms with Gasteiger partial charge in [-0.3, -0.25) is 0 Å². The second kappa shape index (κ2) is 4.99. The average Bonchev–Trinajstić information content (AvgIpc) is 2.29. The smallest absolute Gasteiger partial charge is 0.133 e. The summed E-state index contributed by atoms with van der Waals surface area (Å²) in [6.45, 7) is 5.66. The van der Waals surface area contributed by atoms with Gasteiger partial charge in [0.05, 0.1) is 0 Å². The molecule has 0 bridgehead atoms. The standard InChI is InChI=1S/C15H18F2/c1-3-13-14(16)8-12(9-15(13)17)11-6-4-10(2)5-7-11/h3,8-11H,1,4-7H2,2H3. The highest BCUT2D eigenvalue weighted by molar-refractivity contribution is 5.49. The third-order valence-electron chi connectivity index (χ3n) is 3.79. The first-order chi connectivity index (χ1) is 8.11. The van der Waals surface area contributed by atoms with Crippen LogP contribution in [-0.2, 0) is 0 Å². The molecule has 0 heterocycles. The molecule has 0 atom stereocenters. The highest BCUT2D eigenvalue weighted by Gasteiger charge is 2.21. The lowest BCUT2D eigenvalue weighted by Crippen LogP contribution is -2.11. The fraction of sp³-hybridized carbons (Fsp3) is 0.467. The first-order valence-electron chi connectivity index (χ1n) is 6.23. The van der Waals surface area contributed by atoms with E-state index in [9.17, 15) is 8.78 Å². The monoisotopic (exact) mass is 236 g/mol. The molecule has 1 saturated carbocycles. The van der Waals surface area contributed by atoms with Crippen LogP contribution in [0.5, 0.6) is 0 Å². The Morgan fingerprint density at radius 2 is 1.65 bits per heavy atom. The Balaban J connectivity index is 2.25. The van der Waals surface area contributed by atoms with Crippen molar-refractivity contribution in [3.63, 3.8) is 0 Å². The van der Waals surface area contributed by atoms with E-state index in [0.717, 1.165) is 37.2 Å². The van der Waals surface area contributed by atoms with Crippen molar-refractivity contribution in [2.75, 3.05) is 0 Å². The van der Waals surface area contributed by atoms with Gasteiger partial charge in [0.1, 0.15) is 11.6 Å². The summed E-state index contributed by atoms with van der Waals surface area (Å²) in [6.07, 6.45) is 5.60. The molecule has 1 aromatic carbocycles. The normalized spacial score (nSPS) is 24.6. The van der Waals surface area contributed by atoms with E-state index in [1.54, 1.807) is 0 Å². The number of rotatable bonds is 2. The van der Waals surface area contributed by atoms with Crippen LogP contribution in [0.4, 0.5) is 8.78 Å². The summed E-state index contributed by atoms with van der Waals surface area (Å²) in [5.74, 6) is 0.0738. The van der Waals surface area contributed by atoms with Gasteiger partial charge in [0.25, 0.3) is 0 Å². The summed E-state index contributed by atoms with van der Waals surface area (Å²) in [5, 5.41) is 0. The highest BCUT2D eigenvalue weighted by Crippen LogP contribution is 2.36. The second-order valence-electron chi connectivity index (χ2n) is 5.06. The van der Waals surface area contributed by atoms with Crippen molar-refractivity contribution in [3.05, 3.63) is 41.5 Å².